The van der Waals surface area contributed by atoms with Gasteiger partial charge in [0.1, 0.15) is 0 Å². The number of para-hydroxylation sites is 1. The predicted octanol–water partition coefficient (Wildman–Crippen LogP) is 13.8. The van der Waals surface area contributed by atoms with Crippen LogP contribution in [0.3, 0.4) is 0 Å². The van der Waals surface area contributed by atoms with E-state index in [0.717, 1.165) is 34.1 Å². The van der Waals surface area contributed by atoms with Gasteiger partial charge < -0.3 is 9.80 Å². The van der Waals surface area contributed by atoms with Gasteiger partial charge in [-0.3, -0.25) is 4.98 Å². The highest BCUT2D eigenvalue weighted by molar-refractivity contribution is 7.26. The summed E-state index contributed by atoms with van der Waals surface area (Å²) in [6, 6.07) is 59.6. The topological polar surface area (TPSA) is 19.4 Å². The third-order valence-corrected chi connectivity index (χ3v) is 11.8. The van der Waals surface area contributed by atoms with Crippen molar-refractivity contribution in [3.05, 3.63) is 187 Å². The molecule has 10 rings (SSSR count). The van der Waals surface area contributed by atoms with Gasteiger partial charge in [0.15, 0.2) is 0 Å². The number of pyridine rings is 1. The van der Waals surface area contributed by atoms with Gasteiger partial charge in [0.2, 0.25) is 0 Å². The maximum absolute atomic E-state index is 4.52. The quantitative estimate of drug-likeness (QED) is 0.174. The minimum atomic E-state index is -0.0921. The molecule has 9 aromatic rings. The van der Waals surface area contributed by atoms with Crippen LogP contribution in [-0.4, -0.2) is 4.98 Å². The molecule has 4 heteroatoms. The molecule has 0 N–H and O–H groups in total. The van der Waals surface area contributed by atoms with Crippen LogP contribution in [0.4, 0.5) is 34.1 Å². The van der Waals surface area contributed by atoms with Crippen LogP contribution in [0.1, 0.15) is 25.0 Å². The predicted molar refractivity (Wildman–Crippen MR) is 222 cm³/mol. The van der Waals surface area contributed by atoms with E-state index in [4.69, 9.17) is 0 Å². The van der Waals surface area contributed by atoms with Crippen LogP contribution >= 0.6 is 11.3 Å². The van der Waals surface area contributed by atoms with Crippen LogP contribution in [0.2, 0.25) is 0 Å². The second-order valence-corrected chi connectivity index (χ2v) is 15.2. The van der Waals surface area contributed by atoms with E-state index in [-0.39, 0.29) is 5.41 Å². The average Bonchev–Trinajstić information content (AvgIpc) is 3.68. The molecule has 0 fully saturated rings. The summed E-state index contributed by atoms with van der Waals surface area (Å²) in [6.45, 7) is 4.67. The summed E-state index contributed by atoms with van der Waals surface area (Å²) in [5.74, 6) is 0. The van der Waals surface area contributed by atoms with E-state index in [9.17, 15) is 0 Å². The lowest BCUT2D eigenvalue weighted by molar-refractivity contribution is 0.660. The normalized spacial score (nSPS) is 13.0. The summed E-state index contributed by atoms with van der Waals surface area (Å²) < 4.78 is 2.60. The van der Waals surface area contributed by atoms with Gasteiger partial charge in [-0.1, -0.05) is 98.8 Å². The molecule has 1 aliphatic rings. The van der Waals surface area contributed by atoms with Gasteiger partial charge in [0, 0.05) is 60.2 Å². The molecule has 0 amide bonds. The van der Waals surface area contributed by atoms with Gasteiger partial charge >= 0.3 is 0 Å². The van der Waals surface area contributed by atoms with Crippen molar-refractivity contribution < 1.29 is 0 Å². The second kappa shape index (κ2) is 11.9. The van der Waals surface area contributed by atoms with Gasteiger partial charge in [-0.25, -0.2) is 0 Å². The number of benzene rings is 7. The number of fused-ring (bicyclic) bond motifs is 8. The largest absolute Gasteiger partial charge is 0.310 e. The summed E-state index contributed by atoms with van der Waals surface area (Å²) >= 11 is 1.86. The third kappa shape index (κ3) is 4.83. The fraction of sp³-hybridized carbons (Fsp3) is 0.0625. The molecule has 0 spiro atoms. The molecule has 0 radical (unpaired) electrons. The Balaban J connectivity index is 1.08. The number of hydrogen-bond donors (Lipinski definition) is 0. The third-order valence-electron chi connectivity index (χ3n) is 10.7. The first-order chi connectivity index (χ1) is 25.5. The molecule has 2 aromatic heterocycles. The van der Waals surface area contributed by atoms with Gasteiger partial charge in [-0.15, -0.1) is 11.3 Å². The SMILES string of the molecule is CC1(C)c2ccccc2-c2ccc(N(c3ccc(N(c4ccccc4)c4ccc5c(c4)sc4ccc6ccccc6c45)cc3)c3cccnc3)cc21. The van der Waals surface area contributed by atoms with Crippen LogP contribution in [-0.2, 0) is 5.41 Å². The van der Waals surface area contributed by atoms with Crippen LogP contribution in [0.15, 0.2) is 176 Å². The molecule has 0 bridgehead atoms. The molecule has 3 nitrogen and oxygen atoms in total. The van der Waals surface area contributed by atoms with Crippen molar-refractivity contribution in [2.75, 3.05) is 9.80 Å². The lowest BCUT2D eigenvalue weighted by Gasteiger charge is -2.29. The summed E-state index contributed by atoms with van der Waals surface area (Å²) in [5.41, 5.74) is 11.8. The first kappa shape index (κ1) is 30.6. The fourth-order valence-corrected chi connectivity index (χ4v) is 9.37. The van der Waals surface area contributed by atoms with E-state index in [1.807, 2.05) is 29.8 Å². The van der Waals surface area contributed by atoms with E-state index in [2.05, 4.69) is 186 Å². The average molecular weight is 686 g/mol. The Hall–Kier alpha value is -6.23. The van der Waals surface area contributed by atoms with Crippen LogP contribution in [0, 0.1) is 0 Å². The first-order valence-electron chi connectivity index (χ1n) is 17.8. The Morgan fingerprint density at radius 3 is 1.90 bits per heavy atom. The number of aromatic nitrogens is 1. The fourth-order valence-electron chi connectivity index (χ4n) is 8.21. The van der Waals surface area contributed by atoms with Crippen LogP contribution < -0.4 is 9.80 Å². The molecule has 52 heavy (non-hydrogen) atoms. The van der Waals surface area contributed by atoms with Crippen molar-refractivity contribution in [2.24, 2.45) is 0 Å². The van der Waals surface area contributed by atoms with Gasteiger partial charge in [0.05, 0.1) is 11.9 Å². The maximum Gasteiger partial charge on any atom is 0.0644 e. The summed E-state index contributed by atoms with van der Waals surface area (Å²) in [6.07, 6.45) is 3.78. The number of rotatable bonds is 6. The number of thiophene rings is 1. The first-order valence-corrected chi connectivity index (χ1v) is 18.6. The molecular formula is C48H35N3S. The number of nitrogens with zero attached hydrogens (tertiary/aromatic N) is 3. The van der Waals surface area contributed by atoms with Crippen LogP contribution in [0.25, 0.3) is 42.1 Å². The Morgan fingerprint density at radius 1 is 0.462 bits per heavy atom. The molecule has 0 unspecified atom stereocenters. The van der Waals surface area contributed by atoms with Crippen molar-refractivity contribution >= 4 is 76.4 Å². The second-order valence-electron chi connectivity index (χ2n) is 14.1. The zero-order chi connectivity index (χ0) is 34.8. The Kier molecular flexibility index (Phi) is 7.02. The summed E-state index contributed by atoms with van der Waals surface area (Å²) in [7, 11) is 0. The zero-order valence-corrected chi connectivity index (χ0v) is 29.8. The molecule has 248 valence electrons. The molecule has 7 aromatic carbocycles. The summed E-state index contributed by atoms with van der Waals surface area (Å²) in [4.78, 5) is 9.20. The minimum absolute atomic E-state index is 0.0921. The molecule has 0 atom stereocenters. The zero-order valence-electron chi connectivity index (χ0n) is 29.0. The highest BCUT2D eigenvalue weighted by Crippen LogP contribution is 2.51. The Labute approximate surface area is 307 Å². The van der Waals surface area contributed by atoms with E-state index in [0.29, 0.717) is 0 Å². The van der Waals surface area contributed by atoms with Gasteiger partial charge in [-0.2, -0.15) is 0 Å². The van der Waals surface area contributed by atoms with E-state index in [1.54, 1.807) is 0 Å². The lowest BCUT2D eigenvalue weighted by atomic mass is 9.82. The lowest BCUT2D eigenvalue weighted by Crippen LogP contribution is -2.16. The molecule has 2 heterocycles. The van der Waals surface area contributed by atoms with E-state index < -0.39 is 0 Å². The summed E-state index contributed by atoms with van der Waals surface area (Å²) in [5, 5.41) is 5.23. The van der Waals surface area contributed by atoms with Gasteiger partial charge in [-0.05, 0) is 112 Å². The highest BCUT2D eigenvalue weighted by Gasteiger charge is 2.35. The Morgan fingerprint density at radius 2 is 1.10 bits per heavy atom. The maximum atomic E-state index is 4.52. The number of hydrogen-bond acceptors (Lipinski definition) is 4. The van der Waals surface area contributed by atoms with Crippen molar-refractivity contribution in [3.63, 3.8) is 0 Å². The van der Waals surface area contributed by atoms with E-state index >= 15 is 0 Å². The smallest absolute Gasteiger partial charge is 0.0644 e. The van der Waals surface area contributed by atoms with Crippen molar-refractivity contribution in [2.45, 2.75) is 19.3 Å². The monoisotopic (exact) mass is 685 g/mol. The molecular weight excluding hydrogens is 651 g/mol. The van der Waals surface area contributed by atoms with Crippen molar-refractivity contribution in [3.8, 4) is 11.1 Å². The minimum Gasteiger partial charge on any atom is -0.310 e. The number of anilines is 6. The molecule has 0 saturated heterocycles. The van der Waals surface area contributed by atoms with Crippen LogP contribution in [0.5, 0.6) is 0 Å². The standard InChI is InChI=1S/C48H35N3S/c1-48(2)43-17-9-8-16-40(43)41-25-23-36(29-44(41)48)51(38-14-10-28-49-31-38)35-21-19-34(20-22-35)50(33-12-4-3-5-13-33)37-24-26-42-46(30-37)52-45-27-18-32-11-6-7-15-39(32)47(42)45/h3-31H,1-2H3. The van der Waals surface area contributed by atoms with Crippen molar-refractivity contribution in [1.82, 2.24) is 4.98 Å². The Bertz CT molecular complexity index is 2770. The highest BCUT2D eigenvalue weighted by atomic mass is 32.1. The van der Waals surface area contributed by atoms with E-state index in [1.165, 1.54) is 53.2 Å². The molecule has 1 aliphatic carbocycles. The molecule has 0 saturated carbocycles. The van der Waals surface area contributed by atoms with Crippen molar-refractivity contribution in [1.29, 1.82) is 0 Å². The van der Waals surface area contributed by atoms with Gasteiger partial charge in [0.25, 0.3) is 0 Å². The molecule has 0 aliphatic heterocycles.